The Labute approximate surface area is 56.3 Å². The number of nitrogens with one attached hydrogen (secondary N) is 1. The highest BCUT2D eigenvalue weighted by molar-refractivity contribution is 4.74. The maximum atomic E-state index is 9.21. The molecule has 0 aromatic rings. The van der Waals surface area contributed by atoms with Gasteiger partial charge in [-0.1, -0.05) is 13.3 Å². The monoisotopic (exact) mass is 129 g/mol. The van der Waals surface area contributed by atoms with Gasteiger partial charge in [-0.05, 0) is 25.3 Å². The van der Waals surface area contributed by atoms with Gasteiger partial charge in [0.25, 0.3) is 0 Å². The fourth-order valence-corrected chi connectivity index (χ4v) is 1.41. The Morgan fingerprint density at radius 1 is 1.67 bits per heavy atom. The van der Waals surface area contributed by atoms with Crippen LogP contribution in [0.4, 0.5) is 0 Å². The van der Waals surface area contributed by atoms with E-state index in [1.807, 2.05) is 0 Å². The lowest BCUT2D eigenvalue weighted by molar-refractivity contribution is 0.108. The average Bonchev–Trinajstić information content (AvgIpc) is 2.18. The van der Waals surface area contributed by atoms with E-state index in [4.69, 9.17) is 0 Å². The Morgan fingerprint density at radius 2 is 2.44 bits per heavy atom. The van der Waals surface area contributed by atoms with Crippen LogP contribution in [-0.2, 0) is 0 Å². The highest BCUT2D eigenvalue weighted by atomic mass is 16.3. The highest BCUT2D eigenvalue weighted by Crippen LogP contribution is 2.18. The summed E-state index contributed by atoms with van der Waals surface area (Å²) in [6.45, 7) is 3.15. The zero-order valence-electron chi connectivity index (χ0n) is 5.93. The molecule has 2 heteroatoms. The van der Waals surface area contributed by atoms with Gasteiger partial charge in [0.05, 0.1) is 0 Å². The second kappa shape index (κ2) is 3.18. The summed E-state index contributed by atoms with van der Waals surface area (Å²) < 4.78 is 0. The van der Waals surface area contributed by atoms with Gasteiger partial charge in [0.1, 0.15) is 6.23 Å². The molecule has 0 radical (unpaired) electrons. The van der Waals surface area contributed by atoms with E-state index >= 15 is 0 Å². The first-order chi connectivity index (χ1) is 4.34. The first-order valence-corrected chi connectivity index (χ1v) is 3.76. The number of hydrogen-bond acceptors (Lipinski definition) is 2. The van der Waals surface area contributed by atoms with Gasteiger partial charge in [-0.2, -0.15) is 0 Å². The molecule has 2 atom stereocenters. The van der Waals surface area contributed by atoms with Crippen LogP contribution in [0.25, 0.3) is 0 Å². The maximum absolute atomic E-state index is 9.21. The van der Waals surface area contributed by atoms with E-state index in [-0.39, 0.29) is 6.23 Å². The van der Waals surface area contributed by atoms with Gasteiger partial charge in [-0.3, -0.25) is 5.32 Å². The van der Waals surface area contributed by atoms with Crippen molar-refractivity contribution in [1.29, 1.82) is 0 Å². The quantitative estimate of drug-likeness (QED) is 0.575. The van der Waals surface area contributed by atoms with Crippen LogP contribution in [0.1, 0.15) is 26.2 Å². The molecule has 1 aliphatic rings. The average molecular weight is 129 g/mol. The van der Waals surface area contributed by atoms with Crippen LogP contribution in [-0.4, -0.2) is 17.9 Å². The molecule has 1 aliphatic heterocycles. The molecule has 1 unspecified atom stereocenters. The van der Waals surface area contributed by atoms with Crippen molar-refractivity contribution in [2.45, 2.75) is 32.4 Å². The van der Waals surface area contributed by atoms with Crippen LogP contribution in [0, 0.1) is 5.92 Å². The van der Waals surface area contributed by atoms with E-state index in [1.165, 1.54) is 6.42 Å². The number of aliphatic hydroxyl groups is 1. The third-order valence-electron chi connectivity index (χ3n) is 1.97. The second-order valence-corrected chi connectivity index (χ2v) is 2.74. The normalized spacial score (nSPS) is 35.3. The van der Waals surface area contributed by atoms with E-state index < -0.39 is 0 Å². The van der Waals surface area contributed by atoms with Crippen molar-refractivity contribution < 1.29 is 5.11 Å². The summed E-state index contributed by atoms with van der Waals surface area (Å²) in [5.41, 5.74) is 0. The first kappa shape index (κ1) is 7.03. The minimum absolute atomic E-state index is 0.218. The van der Waals surface area contributed by atoms with Crippen LogP contribution in [0.5, 0.6) is 0 Å². The summed E-state index contributed by atoms with van der Waals surface area (Å²) in [4.78, 5) is 0. The molecule has 1 rings (SSSR count). The Morgan fingerprint density at radius 3 is 2.89 bits per heavy atom. The van der Waals surface area contributed by atoms with Crippen molar-refractivity contribution in [2.75, 3.05) is 6.54 Å². The molecule has 0 amide bonds. The van der Waals surface area contributed by atoms with Crippen molar-refractivity contribution >= 4 is 0 Å². The third kappa shape index (κ3) is 1.66. The van der Waals surface area contributed by atoms with E-state index in [1.54, 1.807) is 0 Å². The summed E-state index contributed by atoms with van der Waals surface area (Å²) in [7, 11) is 0. The van der Waals surface area contributed by atoms with Gasteiger partial charge in [-0.15, -0.1) is 0 Å². The van der Waals surface area contributed by atoms with Crippen molar-refractivity contribution in [2.24, 2.45) is 5.92 Å². The van der Waals surface area contributed by atoms with Gasteiger partial charge in [0.15, 0.2) is 0 Å². The van der Waals surface area contributed by atoms with Crippen LogP contribution in [0.2, 0.25) is 0 Å². The molecule has 0 saturated carbocycles. The van der Waals surface area contributed by atoms with Gasteiger partial charge in [0, 0.05) is 0 Å². The zero-order valence-corrected chi connectivity index (χ0v) is 5.93. The molecular weight excluding hydrogens is 114 g/mol. The maximum Gasteiger partial charge on any atom is 0.107 e. The fourth-order valence-electron chi connectivity index (χ4n) is 1.41. The Hall–Kier alpha value is -0.0800. The molecule has 0 aromatic heterocycles. The molecule has 1 heterocycles. The minimum atomic E-state index is -0.218. The van der Waals surface area contributed by atoms with Crippen LogP contribution in [0.15, 0.2) is 0 Å². The second-order valence-electron chi connectivity index (χ2n) is 2.74. The molecular formula is C7H15NO. The van der Waals surface area contributed by atoms with E-state index in [0.29, 0.717) is 5.92 Å². The first-order valence-electron chi connectivity index (χ1n) is 3.76. The standard InChI is InChI=1S/C7H15NO/c1-2-3-6-4-5-8-7(6)9/h6-9H,2-5H2,1H3/t6-,7?/m0/s1. The Bertz CT molecular complexity index is 85.0. The van der Waals surface area contributed by atoms with Gasteiger partial charge in [-0.25, -0.2) is 0 Å². The van der Waals surface area contributed by atoms with E-state index in [0.717, 1.165) is 19.4 Å². The Balaban J connectivity index is 2.22. The predicted molar refractivity (Wildman–Crippen MR) is 37.0 cm³/mol. The summed E-state index contributed by atoms with van der Waals surface area (Å²) in [6, 6.07) is 0. The molecule has 0 bridgehead atoms. The fraction of sp³-hybridized carbons (Fsp3) is 1.00. The van der Waals surface area contributed by atoms with Crippen molar-refractivity contribution in [3.63, 3.8) is 0 Å². The van der Waals surface area contributed by atoms with Gasteiger partial charge >= 0.3 is 0 Å². The minimum Gasteiger partial charge on any atom is -0.378 e. The highest BCUT2D eigenvalue weighted by Gasteiger charge is 2.22. The molecule has 54 valence electrons. The molecule has 1 fully saturated rings. The van der Waals surface area contributed by atoms with E-state index in [9.17, 15) is 5.11 Å². The lowest BCUT2D eigenvalue weighted by Crippen LogP contribution is -2.25. The lowest BCUT2D eigenvalue weighted by atomic mass is 10.0. The predicted octanol–water partition coefficient (Wildman–Crippen LogP) is 0.714. The molecule has 1 saturated heterocycles. The van der Waals surface area contributed by atoms with Gasteiger partial charge in [0.2, 0.25) is 0 Å². The zero-order chi connectivity index (χ0) is 6.69. The lowest BCUT2D eigenvalue weighted by Gasteiger charge is -2.11. The van der Waals surface area contributed by atoms with Crippen LogP contribution in [0.3, 0.4) is 0 Å². The van der Waals surface area contributed by atoms with Crippen molar-refractivity contribution in [3.8, 4) is 0 Å². The topological polar surface area (TPSA) is 32.3 Å². The SMILES string of the molecule is CCC[C@H]1CCNC1O. The third-order valence-corrected chi connectivity index (χ3v) is 1.97. The van der Waals surface area contributed by atoms with Crippen molar-refractivity contribution in [3.05, 3.63) is 0 Å². The van der Waals surface area contributed by atoms with Crippen LogP contribution >= 0.6 is 0 Å². The summed E-state index contributed by atoms with van der Waals surface area (Å²) in [5.74, 6) is 0.523. The molecule has 0 spiro atoms. The molecule has 0 aromatic carbocycles. The summed E-state index contributed by atoms with van der Waals surface area (Å²) in [5, 5.41) is 12.2. The largest absolute Gasteiger partial charge is 0.378 e. The smallest absolute Gasteiger partial charge is 0.107 e. The number of rotatable bonds is 2. The van der Waals surface area contributed by atoms with Crippen molar-refractivity contribution in [1.82, 2.24) is 5.32 Å². The van der Waals surface area contributed by atoms with E-state index in [2.05, 4.69) is 12.2 Å². The molecule has 9 heavy (non-hydrogen) atoms. The Kier molecular flexibility index (Phi) is 2.49. The van der Waals surface area contributed by atoms with Gasteiger partial charge < -0.3 is 5.11 Å². The number of hydrogen-bond donors (Lipinski definition) is 2. The summed E-state index contributed by atoms with van der Waals surface area (Å²) in [6.07, 6.45) is 3.28. The summed E-state index contributed by atoms with van der Waals surface area (Å²) >= 11 is 0. The molecule has 0 aliphatic carbocycles. The molecule has 2 nitrogen and oxygen atoms in total. The van der Waals surface area contributed by atoms with Crippen LogP contribution < -0.4 is 5.32 Å². The molecule has 2 N–H and O–H groups in total. The number of aliphatic hydroxyl groups excluding tert-OH is 1.